The van der Waals surface area contributed by atoms with Crippen molar-refractivity contribution in [3.8, 4) is 0 Å². The standard InChI is InChI=1S/C55H81N9O14/c1-32(2)19-37(56)23-47(67)59-38(15-17-53(73)74)24-51(71)64-45(33(3)4)29-52(72)62-41(22-36-30-57-44-14-10-9-13-43(36)44)26-50(70)63-42(31-65)27-48(68)58-34(5)20-46(66)61-40(21-35-11-7-6-8-12-35)25-49(69)60-39(28-55(77)78)16-18-54(75)76/h6-14,30,32-34,37-42,45,57,65H,15-29,31,56H2,1-5H3,(H,58,68)(H,59,67)(H,60,69)(H,61,66)(H,62,72)(H,63,70)(H,64,71)(H,73,74)(H,75,76)(H,77,78)/t34-,37-,38-,39-,40-,41-,42+,45+/m0/s1. The Labute approximate surface area is 454 Å². The van der Waals surface area contributed by atoms with Gasteiger partial charge in [-0.3, -0.25) is 47.9 Å². The van der Waals surface area contributed by atoms with Crippen LogP contribution < -0.4 is 43.0 Å². The van der Waals surface area contributed by atoms with Gasteiger partial charge < -0.3 is 68.4 Å². The first-order valence-corrected chi connectivity index (χ1v) is 26.5. The Bertz CT molecular complexity index is 2470. The molecule has 0 aliphatic rings. The van der Waals surface area contributed by atoms with Crippen LogP contribution in [0.4, 0.5) is 0 Å². The second-order valence-electron chi connectivity index (χ2n) is 20.9. The smallest absolute Gasteiger partial charge is 0.305 e. The fraction of sp³-hybridized carbons (Fsp3) is 0.564. The Morgan fingerprint density at radius 3 is 1.53 bits per heavy atom. The average Bonchev–Trinajstić information content (AvgIpc) is 3.74. The SMILES string of the molecule is CC(C)C[C@H](N)CC(=O)N[C@@H](CCC(=O)O)CC(=O)N[C@H](CC(=O)N[C@H](CC(=O)N[C@@H](CO)CC(=O)N[C@@H](C)CC(=O)N[C@H](CC(=O)N[C@@H](CCC(=O)O)CC(=O)O)Cc1ccccc1)Cc1c[nH]c2ccccc12)C(C)C. The zero-order chi connectivity index (χ0) is 57.9. The highest BCUT2D eigenvalue weighted by Gasteiger charge is 2.28. The predicted octanol–water partition coefficient (Wildman–Crippen LogP) is 2.32. The van der Waals surface area contributed by atoms with Gasteiger partial charge in [-0.25, -0.2) is 0 Å². The topological polar surface area (TPSA) is 378 Å². The molecular formula is C55H81N9O14. The maximum Gasteiger partial charge on any atom is 0.305 e. The number of aliphatic hydroxyl groups excluding tert-OH is 1. The molecular weight excluding hydrogens is 1010 g/mol. The van der Waals surface area contributed by atoms with Gasteiger partial charge >= 0.3 is 17.9 Å². The number of carboxylic acids is 3. The quantitative estimate of drug-likeness (QED) is 0.0394. The number of para-hydroxylation sites is 1. The first kappa shape index (κ1) is 64.9. The third kappa shape index (κ3) is 26.6. The summed E-state index contributed by atoms with van der Waals surface area (Å²) in [5.74, 6) is -7.22. The molecule has 14 N–H and O–H groups in total. The van der Waals surface area contributed by atoms with Gasteiger partial charge in [0.15, 0.2) is 0 Å². The van der Waals surface area contributed by atoms with Gasteiger partial charge in [0.2, 0.25) is 41.4 Å². The molecule has 0 fully saturated rings. The van der Waals surface area contributed by atoms with E-state index in [0.29, 0.717) is 6.42 Å². The highest BCUT2D eigenvalue weighted by Crippen LogP contribution is 2.21. The number of carbonyl (C=O) groups is 10. The number of aromatic amines is 1. The van der Waals surface area contributed by atoms with Gasteiger partial charge in [-0.15, -0.1) is 0 Å². The Balaban J connectivity index is 1.65. The average molecular weight is 1090 g/mol. The summed E-state index contributed by atoms with van der Waals surface area (Å²) >= 11 is 0. The van der Waals surface area contributed by atoms with Crippen molar-refractivity contribution in [3.05, 3.63) is 71.9 Å². The van der Waals surface area contributed by atoms with Crippen LogP contribution in [0.25, 0.3) is 10.9 Å². The lowest BCUT2D eigenvalue weighted by Crippen LogP contribution is -2.48. The van der Waals surface area contributed by atoms with E-state index in [1.54, 1.807) is 57.3 Å². The van der Waals surface area contributed by atoms with E-state index in [0.717, 1.165) is 22.0 Å². The lowest BCUT2D eigenvalue weighted by atomic mass is 9.98. The molecule has 1 aromatic heterocycles. The molecule has 1 heterocycles. The number of aliphatic hydroxyl groups is 1. The molecule has 0 aliphatic heterocycles. The van der Waals surface area contributed by atoms with E-state index in [1.165, 1.54) is 0 Å². The van der Waals surface area contributed by atoms with E-state index >= 15 is 0 Å². The minimum atomic E-state index is -1.22. The van der Waals surface area contributed by atoms with Crippen molar-refractivity contribution in [2.75, 3.05) is 6.61 Å². The number of carboxylic acid groups (broad SMARTS) is 3. The third-order valence-electron chi connectivity index (χ3n) is 12.8. The highest BCUT2D eigenvalue weighted by molar-refractivity contribution is 5.86. The number of hydrogen-bond acceptors (Lipinski definition) is 12. The minimum Gasteiger partial charge on any atom is -0.481 e. The summed E-state index contributed by atoms with van der Waals surface area (Å²) in [6, 6.07) is 10.1. The fourth-order valence-electron chi connectivity index (χ4n) is 9.07. The van der Waals surface area contributed by atoms with Crippen LogP contribution in [0.5, 0.6) is 0 Å². The fourth-order valence-corrected chi connectivity index (χ4v) is 9.07. The van der Waals surface area contributed by atoms with Crippen molar-refractivity contribution in [1.29, 1.82) is 0 Å². The molecule has 0 radical (unpaired) electrons. The minimum absolute atomic E-state index is 0.00148. The monoisotopic (exact) mass is 1090 g/mol. The van der Waals surface area contributed by atoms with Crippen LogP contribution in [-0.4, -0.2) is 140 Å². The van der Waals surface area contributed by atoms with Crippen LogP contribution in [0, 0.1) is 11.8 Å². The van der Waals surface area contributed by atoms with Crippen LogP contribution in [0.1, 0.15) is 129 Å². The maximum absolute atomic E-state index is 13.8. The molecule has 0 saturated carbocycles. The van der Waals surface area contributed by atoms with E-state index in [9.17, 15) is 63.3 Å². The van der Waals surface area contributed by atoms with Crippen molar-refractivity contribution in [3.63, 3.8) is 0 Å². The molecule has 7 amide bonds. The molecule has 78 heavy (non-hydrogen) atoms. The van der Waals surface area contributed by atoms with Crippen LogP contribution in [0.3, 0.4) is 0 Å². The number of aliphatic carboxylic acids is 3. The number of amides is 7. The Kier molecular flexibility index (Phi) is 28.0. The highest BCUT2D eigenvalue weighted by atomic mass is 16.4. The Morgan fingerprint density at radius 2 is 0.962 bits per heavy atom. The molecule has 8 atom stereocenters. The molecule has 3 rings (SSSR count). The predicted molar refractivity (Wildman–Crippen MR) is 289 cm³/mol. The molecule has 0 bridgehead atoms. The van der Waals surface area contributed by atoms with Crippen molar-refractivity contribution < 1.29 is 68.4 Å². The summed E-state index contributed by atoms with van der Waals surface area (Å²) in [6.07, 6.45) is -0.101. The van der Waals surface area contributed by atoms with Crippen molar-refractivity contribution in [2.45, 2.75) is 179 Å². The molecule has 0 unspecified atom stereocenters. The largest absolute Gasteiger partial charge is 0.481 e. The number of nitrogens with one attached hydrogen (secondary N) is 8. The number of fused-ring (bicyclic) bond motifs is 1. The number of aromatic nitrogens is 1. The summed E-state index contributed by atoms with van der Waals surface area (Å²) in [6.45, 7) is 8.50. The molecule has 2 aromatic carbocycles. The van der Waals surface area contributed by atoms with Crippen LogP contribution in [0.15, 0.2) is 60.8 Å². The van der Waals surface area contributed by atoms with Gasteiger partial charge in [0, 0.05) is 117 Å². The molecule has 0 spiro atoms. The number of benzene rings is 2. The van der Waals surface area contributed by atoms with Gasteiger partial charge in [-0.1, -0.05) is 76.2 Å². The molecule has 0 aliphatic carbocycles. The summed E-state index contributed by atoms with van der Waals surface area (Å²) in [5, 5.41) is 58.2. The number of hydrogen-bond donors (Lipinski definition) is 13. The first-order chi connectivity index (χ1) is 36.9. The van der Waals surface area contributed by atoms with E-state index < -0.39 is 121 Å². The maximum atomic E-state index is 13.8. The second-order valence-corrected chi connectivity index (χ2v) is 20.9. The van der Waals surface area contributed by atoms with Gasteiger partial charge in [-0.2, -0.15) is 0 Å². The summed E-state index contributed by atoms with van der Waals surface area (Å²) in [7, 11) is 0. The lowest BCUT2D eigenvalue weighted by Gasteiger charge is -2.26. The molecule has 0 saturated heterocycles. The van der Waals surface area contributed by atoms with E-state index in [4.69, 9.17) is 10.8 Å². The van der Waals surface area contributed by atoms with Gasteiger partial charge in [0.05, 0.1) is 19.1 Å². The number of carbonyl (C=O) groups excluding carboxylic acids is 7. The third-order valence-corrected chi connectivity index (χ3v) is 12.8. The second kappa shape index (κ2) is 33.7. The van der Waals surface area contributed by atoms with Crippen LogP contribution >= 0.6 is 0 Å². The normalized spacial score (nSPS) is 14.4. The Morgan fingerprint density at radius 1 is 0.500 bits per heavy atom. The number of H-pyrrole nitrogens is 1. The van der Waals surface area contributed by atoms with E-state index in [1.807, 2.05) is 38.1 Å². The van der Waals surface area contributed by atoms with Crippen molar-refractivity contribution >= 4 is 70.2 Å². The number of rotatable bonds is 37. The lowest BCUT2D eigenvalue weighted by molar-refractivity contribution is -0.140. The van der Waals surface area contributed by atoms with Gasteiger partial charge in [0.25, 0.3) is 0 Å². The van der Waals surface area contributed by atoms with Crippen LogP contribution in [-0.2, 0) is 60.8 Å². The summed E-state index contributed by atoms with van der Waals surface area (Å²) < 4.78 is 0. The van der Waals surface area contributed by atoms with Crippen LogP contribution in [0.2, 0.25) is 0 Å². The first-order valence-electron chi connectivity index (χ1n) is 26.5. The van der Waals surface area contributed by atoms with Gasteiger partial charge in [-0.05, 0) is 68.1 Å². The molecule has 23 nitrogen and oxygen atoms in total. The summed E-state index contributed by atoms with van der Waals surface area (Å²) in [4.78, 5) is 131. The van der Waals surface area contributed by atoms with E-state index in [2.05, 4.69) is 42.2 Å². The zero-order valence-electron chi connectivity index (χ0n) is 45.3. The molecule has 23 heteroatoms. The summed E-state index contributed by atoms with van der Waals surface area (Å²) in [5.41, 5.74) is 8.52. The van der Waals surface area contributed by atoms with Gasteiger partial charge in [0.1, 0.15) is 0 Å². The van der Waals surface area contributed by atoms with Crippen molar-refractivity contribution in [1.82, 2.24) is 42.2 Å². The molecule has 430 valence electrons. The molecule has 3 aromatic rings. The Hall–Kier alpha value is -7.40. The zero-order valence-corrected chi connectivity index (χ0v) is 45.3. The van der Waals surface area contributed by atoms with Crippen molar-refractivity contribution in [2.24, 2.45) is 17.6 Å². The number of nitrogens with two attached hydrogens (primary N) is 1. The van der Waals surface area contributed by atoms with E-state index in [-0.39, 0.29) is 95.3 Å².